The molecule has 2 heterocycles. The van der Waals surface area contributed by atoms with Gasteiger partial charge in [0.15, 0.2) is 5.96 Å². The minimum atomic E-state index is -0.438. The highest BCUT2D eigenvalue weighted by Gasteiger charge is 2.21. The predicted octanol–water partition coefficient (Wildman–Crippen LogP) is 3.37. The quantitative estimate of drug-likeness (QED) is 0.263. The van der Waals surface area contributed by atoms with Crippen molar-refractivity contribution in [3.63, 3.8) is 0 Å². The number of rotatable bonds is 8. The summed E-state index contributed by atoms with van der Waals surface area (Å²) in [4.78, 5) is 18.9. The lowest BCUT2D eigenvalue weighted by atomic mass is 9.99. The Morgan fingerprint density at radius 1 is 1.29 bits per heavy atom. The van der Waals surface area contributed by atoms with Gasteiger partial charge in [-0.05, 0) is 61.4 Å². The molecule has 2 aromatic rings. The molecule has 170 valence electrons. The molecule has 1 aromatic heterocycles. The van der Waals surface area contributed by atoms with Crippen LogP contribution in [-0.4, -0.2) is 44.1 Å². The zero-order valence-corrected chi connectivity index (χ0v) is 20.9. The van der Waals surface area contributed by atoms with Gasteiger partial charge in [0.2, 0.25) is 5.91 Å². The number of piperidine rings is 1. The molecular weight excluding hydrogens is 528 g/mol. The van der Waals surface area contributed by atoms with E-state index in [0.29, 0.717) is 18.4 Å². The maximum atomic E-state index is 13.1. The van der Waals surface area contributed by atoms with E-state index < -0.39 is 11.8 Å². The van der Waals surface area contributed by atoms with E-state index in [9.17, 15) is 9.18 Å². The third-order valence-electron chi connectivity index (χ3n) is 5.27. The van der Waals surface area contributed by atoms with Crippen molar-refractivity contribution in [3.8, 4) is 0 Å². The first-order valence-electron chi connectivity index (χ1n) is 10.4. The summed E-state index contributed by atoms with van der Waals surface area (Å²) in [5.74, 6) is -0.427. The Morgan fingerprint density at radius 3 is 2.58 bits per heavy atom. The fraction of sp³-hybridized carbons (Fsp3) is 0.455. The molecule has 31 heavy (non-hydrogen) atoms. The molecule has 0 aliphatic carbocycles. The number of anilines is 1. The van der Waals surface area contributed by atoms with Crippen molar-refractivity contribution in [3.05, 3.63) is 53.2 Å². The third-order valence-corrected chi connectivity index (χ3v) is 6.19. The molecule has 0 radical (unpaired) electrons. The van der Waals surface area contributed by atoms with Crippen LogP contribution >= 0.6 is 35.3 Å². The second kappa shape index (κ2) is 12.8. The Balaban J connectivity index is 0.00000341. The van der Waals surface area contributed by atoms with Crippen molar-refractivity contribution in [2.45, 2.75) is 32.2 Å². The Kier molecular flexibility index (Phi) is 10.5. The van der Waals surface area contributed by atoms with E-state index in [1.807, 2.05) is 6.92 Å². The molecule has 0 spiro atoms. The number of amides is 1. The van der Waals surface area contributed by atoms with Gasteiger partial charge in [0.25, 0.3) is 0 Å². The number of thiophene rings is 1. The van der Waals surface area contributed by atoms with Crippen molar-refractivity contribution < 1.29 is 9.18 Å². The lowest BCUT2D eigenvalue weighted by Crippen LogP contribution is -2.49. The average Bonchev–Trinajstić information content (AvgIpc) is 3.28. The zero-order valence-electron chi connectivity index (χ0n) is 17.7. The number of hydrogen-bond donors (Lipinski definition) is 3. The summed E-state index contributed by atoms with van der Waals surface area (Å²) in [6.07, 6.45) is 2.49. The number of guanidine groups is 1. The third kappa shape index (κ3) is 7.95. The van der Waals surface area contributed by atoms with Crippen LogP contribution in [0.3, 0.4) is 0 Å². The summed E-state index contributed by atoms with van der Waals surface area (Å²) >= 11 is 1.77. The summed E-state index contributed by atoms with van der Waals surface area (Å²) < 4.78 is 13.1. The van der Waals surface area contributed by atoms with Gasteiger partial charge in [-0.1, -0.05) is 12.1 Å². The van der Waals surface area contributed by atoms with E-state index >= 15 is 0 Å². The van der Waals surface area contributed by atoms with Crippen LogP contribution in [0.25, 0.3) is 0 Å². The van der Waals surface area contributed by atoms with E-state index in [0.717, 1.165) is 38.0 Å². The highest BCUT2D eigenvalue weighted by molar-refractivity contribution is 14.0. The van der Waals surface area contributed by atoms with Crippen LogP contribution in [0.4, 0.5) is 9.39 Å². The standard InChI is InChI=1S/C22H30FN5OS.HI/c1-2-25-22(27-19-9-11-28(12-10-19)20-4-3-13-30-20)26-15-17(21(24)29)14-16-5-7-18(23)8-6-16;/h3-8,13,17,19H,2,9-12,14-15H2,1H3,(H2,24,29)(H2,25,26,27);1H. The van der Waals surface area contributed by atoms with Crippen molar-refractivity contribution in [2.75, 3.05) is 31.1 Å². The molecular formula is C22H31FIN5OS. The molecule has 3 rings (SSSR count). The first kappa shape index (κ1) is 25.4. The Bertz CT molecular complexity index is 823. The number of nitrogens with one attached hydrogen (secondary N) is 2. The smallest absolute Gasteiger partial charge is 0.222 e. The minimum Gasteiger partial charge on any atom is -0.369 e. The van der Waals surface area contributed by atoms with Gasteiger partial charge < -0.3 is 21.3 Å². The van der Waals surface area contributed by atoms with Crippen LogP contribution in [0.2, 0.25) is 0 Å². The van der Waals surface area contributed by atoms with Gasteiger partial charge in [0.05, 0.1) is 17.5 Å². The maximum Gasteiger partial charge on any atom is 0.222 e. The molecule has 1 saturated heterocycles. The van der Waals surface area contributed by atoms with Crippen LogP contribution in [-0.2, 0) is 11.2 Å². The van der Waals surface area contributed by atoms with Crippen molar-refractivity contribution in [1.82, 2.24) is 10.6 Å². The van der Waals surface area contributed by atoms with E-state index in [2.05, 4.69) is 38.0 Å². The molecule has 1 aliphatic heterocycles. The van der Waals surface area contributed by atoms with Crippen LogP contribution in [0.5, 0.6) is 0 Å². The first-order chi connectivity index (χ1) is 14.5. The Morgan fingerprint density at radius 2 is 2.00 bits per heavy atom. The number of hydrogen-bond acceptors (Lipinski definition) is 4. The molecule has 1 unspecified atom stereocenters. The number of benzene rings is 1. The topological polar surface area (TPSA) is 82.7 Å². The van der Waals surface area contributed by atoms with Crippen LogP contribution in [0, 0.1) is 11.7 Å². The summed E-state index contributed by atoms with van der Waals surface area (Å²) in [6.45, 7) is 5.05. The molecule has 1 fully saturated rings. The SMILES string of the molecule is CCNC(=NCC(Cc1ccc(F)cc1)C(N)=O)NC1CCN(c2cccs2)CC1.I. The van der Waals surface area contributed by atoms with Gasteiger partial charge in [-0.15, -0.1) is 35.3 Å². The summed E-state index contributed by atoms with van der Waals surface area (Å²) in [6, 6.07) is 10.7. The van der Waals surface area contributed by atoms with Crippen LogP contribution < -0.4 is 21.3 Å². The molecule has 1 atom stereocenters. The molecule has 0 saturated carbocycles. The van der Waals surface area contributed by atoms with Crippen LogP contribution in [0.15, 0.2) is 46.8 Å². The first-order valence-corrected chi connectivity index (χ1v) is 11.3. The van der Waals surface area contributed by atoms with Gasteiger partial charge in [-0.25, -0.2) is 4.39 Å². The van der Waals surface area contributed by atoms with Gasteiger partial charge in [0, 0.05) is 25.7 Å². The van der Waals surface area contributed by atoms with Crippen molar-refractivity contribution in [2.24, 2.45) is 16.6 Å². The average molecular weight is 559 g/mol. The number of carbonyl (C=O) groups is 1. The molecule has 0 bridgehead atoms. The van der Waals surface area contributed by atoms with Gasteiger partial charge in [-0.2, -0.15) is 0 Å². The summed E-state index contributed by atoms with van der Waals surface area (Å²) in [7, 11) is 0. The number of carbonyl (C=O) groups excluding carboxylic acids is 1. The van der Waals surface area contributed by atoms with E-state index in [1.165, 1.54) is 17.1 Å². The van der Waals surface area contributed by atoms with E-state index in [1.54, 1.807) is 23.5 Å². The second-order valence-electron chi connectivity index (χ2n) is 7.51. The minimum absolute atomic E-state index is 0. The number of nitrogens with zero attached hydrogens (tertiary/aromatic N) is 2. The number of halogens is 2. The summed E-state index contributed by atoms with van der Waals surface area (Å²) in [5.41, 5.74) is 6.46. The molecule has 1 amide bonds. The fourth-order valence-corrected chi connectivity index (χ4v) is 4.35. The van der Waals surface area contributed by atoms with Crippen molar-refractivity contribution in [1.29, 1.82) is 0 Å². The highest BCUT2D eigenvalue weighted by atomic mass is 127. The second-order valence-corrected chi connectivity index (χ2v) is 8.43. The van der Waals surface area contributed by atoms with Crippen molar-refractivity contribution >= 4 is 52.2 Å². The van der Waals surface area contributed by atoms with Gasteiger partial charge >= 0.3 is 0 Å². The largest absolute Gasteiger partial charge is 0.369 e. The van der Waals surface area contributed by atoms with E-state index in [4.69, 9.17) is 5.73 Å². The predicted molar refractivity (Wildman–Crippen MR) is 137 cm³/mol. The molecule has 6 nitrogen and oxygen atoms in total. The Labute approximate surface area is 204 Å². The van der Waals surface area contributed by atoms with Gasteiger partial charge in [0.1, 0.15) is 5.82 Å². The lowest BCUT2D eigenvalue weighted by Gasteiger charge is -2.33. The normalized spacial score (nSPS) is 15.8. The monoisotopic (exact) mass is 559 g/mol. The maximum absolute atomic E-state index is 13.1. The summed E-state index contributed by atoms with van der Waals surface area (Å²) in [5, 5.41) is 10.2. The van der Waals surface area contributed by atoms with E-state index in [-0.39, 0.29) is 36.3 Å². The lowest BCUT2D eigenvalue weighted by molar-refractivity contribution is -0.121. The number of aliphatic imine (C=N–C) groups is 1. The van der Waals surface area contributed by atoms with Gasteiger partial charge in [-0.3, -0.25) is 9.79 Å². The molecule has 1 aromatic carbocycles. The zero-order chi connectivity index (χ0) is 21.3. The highest BCUT2D eigenvalue weighted by Crippen LogP contribution is 2.24. The fourth-order valence-electron chi connectivity index (χ4n) is 3.57. The molecule has 9 heteroatoms. The number of nitrogens with two attached hydrogens (primary N) is 1. The van der Waals surface area contributed by atoms with Crippen LogP contribution in [0.1, 0.15) is 25.3 Å². The number of primary amides is 1. The molecule has 1 aliphatic rings. The molecule has 4 N–H and O–H groups in total. The Hall–Kier alpha value is -1.88.